The van der Waals surface area contributed by atoms with Crippen LogP contribution in [0.5, 0.6) is 0 Å². The highest BCUT2D eigenvalue weighted by Crippen LogP contribution is 2.26. The third kappa shape index (κ3) is 3.75. The maximum atomic E-state index is 12.4. The Morgan fingerprint density at radius 2 is 2.00 bits per heavy atom. The predicted octanol–water partition coefficient (Wildman–Crippen LogP) is 3.79. The number of furan rings is 1. The fraction of sp³-hybridized carbons (Fsp3) is 0.200. The number of rotatable bonds is 5. The number of benzene rings is 2. The number of tetrazole rings is 1. The molecule has 2 aromatic heterocycles. The standard InChI is InChI=1S/C20H18ClN5O2/c1-12(19-11-15-10-16(21)5-8-18(15)28-19)22-20(27)9-14-3-6-17(7-4-14)26-13(2)23-24-25-26/h3-8,10-12H,9H2,1-2H3,(H,22,27)/t12-/m0/s1. The molecule has 1 amide bonds. The van der Waals surface area contributed by atoms with E-state index >= 15 is 0 Å². The van der Waals surface area contributed by atoms with Gasteiger partial charge in [0.15, 0.2) is 5.82 Å². The van der Waals surface area contributed by atoms with E-state index in [1.54, 1.807) is 10.7 Å². The lowest BCUT2D eigenvalue weighted by atomic mass is 10.1. The Hall–Kier alpha value is -3.19. The Labute approximate surface area is 166 Å². The minimum atomic E-state index is -0.248. The highest BCUT2D eigenvalue weighted by Gasteiger charge is 2.15. The van der Waals surface area contributed by atoms with Crippen LogP contribution in [0, 0.1) is 6.92 Å². The number of carbonyl (C=O) groups is 1. The number of halogens is 1. The van der Waals surface area contributed by atoms with Crippen molar-refractivity contribution in [3.63, 3.8) is 0 Å². The predicted molar refractivity (Wildman–Crippen MR) is 105 cm³/mol. The molecule has 1 N–H and O–H groups in total. The van der Waals surface area contributed by atoms with E-state index in [0.29, 0.717) is 16.6 Å². The topological polar surface area (TPSA) is 85.8 Å². The average Bonchev–Trinajstić information content (AvgIpc) is 3.28. The minimum Gasteiger partial charge on any atom is -0.459 e. The van der Waals surface area contributed by atoms with E-state index < -0.39 is 0 Å². The summed E-state index contributed by atoms with van der Waals surface area (Å²) in [6.07, 6.45) is 0.269. The lowest BCUT2D eigenvalue weighted by Crippen LogP contribution is -2.27. The second-order valence-electron chi connectivity index (χ2n) is 6.60. The fourth-order valence-corrected chi connectivity index (χ4v) is 3.20. The molecule has 7 nitrogen and oxygen atoms in total. The number of hydrogen-bond acceptors (Lipinski definition) is 5. The maximum Gasteiger partial charge on any atom is 0.224 e. The van der Waals surface area contributed by atoms with Gasteiger partial charge in [0.05, 0.1) is 18.2 Å². The molecule has 4 aromatic rings. The molecular weight excluding hydrogens is 378 g/mol. The van der Waals surface area contributed by atoms with Gasteiger partial charge in [-0.25, -0.2) is 0 Å². The first-order valence-electron chi connectivity index (χ1n) is 8.82. The largest absolute Gasteiger partial charge is 0.459 e. The van der Waals surface area contributed by atoms with Crippen molar-refractivity contribution >= 4 is 28.5 Å². The molecule has 28 heavy (non-hydrogen) atoms. The third-order valence-electron chi connectivity index (χ3n) is 4.47. The molecule has 0 aliphatic heterocycles. The molecule has 0 radical (unpaired) electrons. The molecule has 1 atom stereocenters. The van der Waals surface area contributed by atoms with Crippen molar-refractivity contribution in [1.82, 2.24) is 25.5 Å². The van der Waals surface area contributed by atoms with E-state index in [-0.39, 0.29) is 18.4 Å². The van der Waals surface area contributed by atoms with Crippen molar-refractivity contribution < 1.29 is 9.21 Å². The number of fused-ring (bicyclic) bond motifs is 1. The molecule has 0 spiro atoms. The summed E-state index contributed by atoms with van der Waals surface area (Å²) in [5, 5.41) is 16.0. The van der Waals surface area contributed by atoms with E-state index in [0.717, 1.165) is 22.2 Å². The maximum absolute atomic E-state index is 12.4. The summed E-state index contributed by atoms with van der Waals surface area (Å²) >= 11 is 6.01. The van der Waals surface area contributed by atoms with Gasteiger partial charge in [0.1, 0.15) is 11.3 Å². The van der Waals surface area contributed by atoms with Gasteiger partial charge in [0.2, 0.25) is 5.91 Å². The Morgan fingerprint density at radius 3 is 2.71 bits per heavy atom. The summed E-state index contributed by atoms with van der Waals surface area (Å²) < 4.78 is 7.45. The van der Waals surface area contributed by atoms with Crippen molar-refractivity contribution in [3.05, 3.63) is 70.7 Å². The Bertz CT molecular complexity index is 1130. The zero-order chi connectivity index (χ0) is 19.7. The highest BCUT2D eigenvalue weighted by molar-refractivity contribution is 6.31. The van der Waals surface area contributed by atoms with E-state index in [2.05, 4.69) is 20.8 Å². The van der Waals surface area contributed by atoms with E-state index in [9.17, 15) is 4.79 Å². The SMILES string of the molecule is Cc1nnnn1-c1ccc(CC(=O)N[C@@H](C)c2cc3cc(Cl)ccc3o2)cc1. The first kappa shape index (κ1) is 18.2. The second-order valence-corrected chi connectivity index (χ2v) is 7.04. The Kier molecular flexibility index (Phi) is 4.83. The summed E-state index contributed by atoms with van der Waals surface area (Å²) in [5.41, 5.74) is 2.49. The Morgan fingerprint density at radius 1 is 1.21 bits per heavy atom. The number of hydrogen-bond donors (Lipinski definition) is 1. The second kappa shape index (κ2) is 7.44. The lowest BCUT2D eigenvalue weighted by Gasteiger charge is -2.11. The molecule has 0 fully saturated rings. The minimum absolute atomic E-state index is 0.0858. The van der Waals surface area contributed by atoms with Crippen LogP contribution in [0.4, 0.5) is 0 Å². The van der Waals surface area contributed by atoms with Gasteiger partial charge in [-0.05, 0) is 66.2 Å². The molecule has 2 aromatic carbocycles. The zero-order valence-electron chi connectivity index (χ0n) is 15.4. The highest BCUT2D eigenvalue weighted by atomic mass is 35.5. The van der Waals surface area contributed by atoms with Gasteiger partial charge in [-0.1, -0.05) is 23.7 Å². The summed E-state index contributed by atoms with van der Waals surface area (Å²) in [4.78, 5) is 12.4. The van der Waals surface area contributed by atoms with Gasteiger partial charge in [0, 0.05) is 10.4 Å². The summed E-state index contributed by atoms with van der Waals surface area (Å²) in [6.45, 7) is 3.72. The van der Waals surface area contributed by atoms with Crippen LogP contribution in [0.25, 0.3) is 16.7 Å². The molecule has 142 valence electrons. The first-order valence-corrected chi connectivity index (χ1v) is 9.20. The molecule has 0 bridgehead atoms. The quantitative estimate of drug-likeness (QED) is 0.555. The van der Waals surface area contributed by atoms with Crippen LogP contribution in [0.3, 0.4) is 0 Å². The van der Waals surface area contributed by atoms with Gasteiger partial charge in [0.25, 0.3) is 0 Å². The monoisotopic (exact) mass is 395 g/mol. The first-order chi connectivity index (χ1) is 13.5. The van der Waals surface area contributed by atoms with Crippen LogP contribution in [0.1, 0.15) is 30.1 Å². The number of nitrogens with one attached hydrogen (secondary N) is 1. The van der Waals surface area contributed by atoms with E-state index in [1.165, 1.54) is 0 Å². The molecule has 4 rings (SSSR count). The summed E-state index contributed by atoms with van der Waals surface area (Å²) in [6, 6.07) is 14.7. The third-order valence-corrected chi connectivity index (χ3v) is 4.71. The molecular formula is C20H18ClN5O2. The van der Waals surface area contributed by atoms with Crippen molar-refractivity contribution in [2.24, 2.45) is 0 Å². The normalized spacial score (nSPS) is 12.2. The van der Waals surface area contributed by atoms with Gasteiger partial charge in [-0.15, -0.1) is 5.10 Å². The number of carbonyl (C=O) groups excluding carboxylic acids is 1. The average molecular weight is 396 g/mol. The number of aryl methyl sites for hydroxylation is 1. The van der Waals surface area contributed by atoms with E-state index in [4.69, 9.17) is 16.0 Å². The molecule has 0 saturated carbocycles. The molecule has 0 aliphatic carbocycles. The van der Waals surface area contributed by atoms with Crippen LogP contribution in [-0.2, 0) is 11.2 Å². The van der Waals surface area contributed by atoms with Crippen LogP contribution in [-0.4, -0.2) is 26.1 Å². The molecule has 0 aliphatic rings. The van der Waals surface area contributed by atoms with Crippen LogP contribution >= 0.6 is 11.6 Å². The zero-order valence-corrected chi connectivity index (χ0v) is 16.1. The smallest absolute Gasteiger partial charge is 0.224 e. The van der Waals surface area contributed by atoms with Gasteiger partial charge in [-0.2, -0.15) is 4.68 Å². The van der Waals surface area contributed by atoms with Crippen LogP contribution in [0.15, 0.2) is 52.9 Å². The van der Waals surface area contributed by atoms with Crippen molar-refractivity contribution in [1.29, 1.82) is 0 Å². The summed E-state index contributed by atoms with van der Waals surface area (Å²) in [7, 11) is 0. The van der Waals surface area contributed by atoms with Gasteiger partial charge >= 0.3 is 0 Å². The van der Waals surface area contributed by atoms with Crippen LogP contribution in [0.2, 0.25) is 5.02 Å². The number of nitrogens with zero attached hydrogens (tertiary/aromatic N) is 4. The van der Waals surface area contributed by atoms with Crippen molar-refractivity contribution in [3.8, 4) is 5.69 Å². The van der Waals surface area contributed by atoms with Gasteiger partial charge < -0.3 is 9.73 Å². The number of amides is 1. The molecule has 2 heterocycles. The van der Waals surface area contributed by atoms with E-state index in [1.807, 2.05) is 56.3 Å². The molecule has 0 saturated heterocycles. The lowest BCUT2D eigenvalue weighted by molar-refractivity contribution is -0.121. The molecule has 8 heteroatoms. The summed E-state index contributed by atoms with van der Waals surface area (Å²) in [5.74, 6) is 1.30. The van der Waals surface area contributed by atoms with Crippen LogP contribution < -0.4 is 5.32 Å². The fourth-order valence-electron chi connectivity index (χ4n) is 3.02. The molecule has 0 unspecified atom stereocenters. The van der Waals surface area contributed by atoms with Crippen molar-refractivity contribution in [2.75, 3.05) is 0 Å². The van der Waals surface area contributed by atoms with Crippen molar-refractivity contribution in [2.45, 2.75) is 26.3 Å². The number of aromatic nitrogens is 4. The Balaban J connectivity index is 1.41. The van der Waals surface area contributed by atoms with Gasteiger partial charge in [-0.3, -0.25) is 4.79 Å².